The molecule has 2 unspecified atom stereocenters. The second-order valence-electron chi connectivity index (χ2n) is 5.96. The Balaban J connectivity index is 2.01. The number of fused-ring (bicyclic) bond motifs is 2. The fraction of sp³-hybridized carbons (Fsp3) is 0.529. The van der Waals surface area contributed by atoms with Crippen molar-refractivity contribution in [2.75, 3.05) is 27.4 Å². The molecule has 0 amide bonds. The highest BCUT2D eigenvalue weighted by Crippen LogP contribution is 2.35. The lowest BCUT2D eigenvalue weighted by Crippen LogP contribution is -2.51. The average molecular weight is 273 g/mol. The van der Waals surface area contributed by atoms with Gasteiger partial charge in [-0.3, -0.25) is 4.90 Å². The molecule has 3 heteroatoms. The van der Waals surface area contributed by atoms with Crippen LogP contribution in [0, 0.1) is 13.8 Å². The van der Waals surface area contributed by atoms with E-state index in [9.17, 15) is 0 Å². The molecule has 1 saturated heterocycles. The number of likely N-dealkylation sites (N-methyl/N-ethyl adjacent to an activating group) is 1. The van der Waals surface area contributed by atoms with E-state index in [2.05, 4.69) is 44.0 Å². The maximum atomic E-state index is 5.68. The molecule has 0 saturated carbocycles. The number of ether oxygens (including phenoxy) is 2. The predicted octanol–water partition coefficient (Wildman–Crippen LogP) is 2.80. The van der Waals surface area contributed by atoms with E-state index in [4.69, 9.17) is 9.47 Å². The zero-order valence-electron chi connectivity index (χ0n) is 12.8. The third-order valence-electron chi connectivity index (χ3n) is 4.61. The van der Waals surface area contributed by atoms with Gasteiger partial charge in [0.25, 0.3) is 0 Å². The Bertz CT molecular complexity index is 527. The van der Waals surface area contributed by atoms with Crippen LogP contribution in [0.5, 0.6) is 5.75 Å². The molecule has 0 radical (unpaired) electrons. The zero-order chi connectivity index (χ0) is 14.3. The van der Waals surface area contributed by atoms with Crippen molar-refractivity contribution in [2.24, 2.45) is 0 Å². The van der Waals surface area contributed by atoms with Gasteiger partial charge in [0.2, 0.25) is 0 Å². The molecule has 108 valence electrons. The molecule has 3 rings (SSSR count). The lowest BCUT2D eigenvalue weighted by molar-refractivity contribution is -0.0221. The van der Waals surface area contributed by atoms with Crippen LogP contribution in [0.4, 0.5) is 0 Å². The zero-order valence-corrected chi connectivity index (χ0v) is 12.8. The predicted molar refractivity (Wildman–Crippen MR) is 81.2 cm³/mol. The summed E-state index contributed by atoms with van der Waals surface area (Å²) >= 11 is 0. The van der Waals surface area contributed by atoms with E-state index in [1.54, 1.807) is 7.11 Å². The first kappa shape index (κ1) is 13.7. The standard InChI is InChI=1S/C17H23NO2/c1-11-5-16(19-4)6-12(2)17(11)13-7-14-9-20-10-15(8-13)18(14)3/h5-7,14-15H,8-10H2,1-4H3. The highest BCUT2D eigenvalue weighted by Gasteiger charge is 2.32. The average Bonchev–Trinajstić information content (AvgIpc) is 2.38. The molecule has 2 bridgehead atoms. The molecule has 2 atom stereocenters. The molecule has 1 aromatic carbocycles. The van der Waals surface area contributed by atoms with Gasteiger partial charge < -0.3 is 9.47 Å². The molecule has 0 spiro atoms. The Morgan fingerprint density at radius 3 is 2.50 bits per heavy atom. The summed E-state index contributed by atoms with van der Waals surface area (Å²) < 4.78 is 11.0. The molecule has 20 heavy (non-hydrogen) atoms. The molecular formula is C17H23NO2. The lowest BCUT2D eigenvalue weighted by Gasteiger charge is -2.42. The molecule has 1 fully saturated rings. The van der Waals surface area contributed by atoms with E-state index in [1.165, 1.54) is 22.3 Å². The number of benzene rings is 1. The van der Waals surface area contributed by atoms with Crippen LogP contribution in [0.15, 0.2) is 18.2 Å². The molecule has 0 aliphatic carbocycles. The van der Waals surface area contributed by atoms with Crippen LogP contribution in [0.1, 0.15) is 23.1 Å². The van der Waals surface area contributed by atoms with E-state index < -0.39 is 0 Å². The largest absolute Gasteiger partial charge is 0.497 e. The van der Waals surface area contributed by atoms with Gasteiger partial charge in [0, 0.05) is 6.04 Å². The summed E-state index contributed by atoms with van der Waals surface area (Å²) in [5.41, 5.74) is 5.48. The van der Waals surface area contributed by atoms with Crippen molar-refractivity contribution < 1.29 is 9.47 Å². The summed E-state index contributed by atoms with van der Waals surface area (Å²) in [6.45, 7) is 6.01. The minimum Gasteiger partial charge on any atom is -0.497 e. The van der Waals surface area contributed by atoms with Crippen LogP contribution in [-0.4, -0.2) is 44.4 Å². The third kappa shape index (κ3) is 2.25. The van der Waals surface area contributed by atoms with Gasteiger partial charge in [-0.15, -0.1) is 0 Å². The fourth-order valence-corrected chi connectivity index (χ4v) is 3.49. The van der Waals surface area contributed by atoms with E-state index in [-0.39, 0.29) is 0 Å². The van der Waals surface area contributed by atoms with Crippen molar-refractivity contribution in [3.8, 4) is 5.75 Å². The molecule has 0 aromatic heterocycles. The number of hydrogen-bond donors (Lipinski definition) is 0. The Labute approximate surface area is 121 Å². The highest BCUT2D eigenvalue weighted by molar-refractivity contribution is 5.73. The first-order valence-electron chi connectivity index (χ1n) is 7.26. The Kier molecular flexibility index (Phi) is 3.57. The van der Waals surface area contributed by atoms with Crippen LogP contribution in [0.2, 0.25) is 0 Å². The number of hydrogen-bond acceptors (Lipinski definition) is 3. The number of methoxy groups -OCH3 is 1. The third-order valence-corrected chi connectivity index (χ3v) is 4.61. The van der Waals surface area contributed by atoms with Crippen LogP contribution in [0.3, 0.4) is 0 Å². The van der Waals surface area contributed by atoms with Gasteiger partial charge in [-0.1, -0.05) is 6.08 Å². The summed E-state index contributed by atoms with van der Waals surface area (Å²) in [7, 11) is 3.93. The van der Waals surface area contributed by atoms with Gasteiger partial charge >= 0.3 is 0 Å². The smallest absolute Gasteiger partial charge is 0.119 e. The maximum absolute atomic E-state index is 5.68. The second-order valence-corrected chi connectivity index (χ2v) is 5.96. The number of aryl methyl sites for hydroxylation is 2. The van der Waals surface area contributed by atoms with Gasteiger partial charge in [0.1, 0.15) is 5.75 Å². The first-order valence-corrected chi connectivity index (χ1v) is 7.26. The Morgan fingerprint density at radius 1 is 1.20 bits per heavy atom. The van der Waals surface area contributed by atoms with Gasteiger partial charge in [0.05, 0.1) is 26.4 Å². The summed E-state index contributed by atoms with van der Waals surface area (Å²) in [6.07, 6.45) is 3.46. The van der Waals surface area contributed by atoms with Crippen molar-refractivity contribution >= 4 is 5.57 Å². The monoisotopic (exact) mass is 273 g/mol. The van der Waals surface area contributed by atoms with Gasteiger partial charge in [0.15, 0.2) is 0 Å². The van der Waals surface area contributed by atoms with Gasteiger partial charge in [-0.05, 0) is 61.7 Å². The van der Waals surface area contributed by atoms with Crippen LogP contribution >= 0.6 is 0 Å². The fourth-order valence-electron chi connectivity index (χ4n) is 3.49. The topological polar surface area (TPSA) is 21.7 Å². The molecule has 0 N–H and O–H groups in total. The van der Waals surface area contributed by atoms with Crippen molar-refractivity contribution in [1.82, 2.24) is 4.90 Å². The van der Waals surface area contributed by atoms with E-state index in [0.717, 1.165) is 25.4 Å². The van der Waals surface area contributed by atoms with Crippen LogP contribution < -0.4 is 4.74 Å². The molecule has 2 aliphatic rings. The quantitative estimate of drug-likeness (QED) is 0.827. The summed E-state index contributed by atoms with van der Waals surface area (Å²) in [5.74, 6) is 0.945. The highest BCUT2D eigenvalue weighted by atomic mass is 16.5. The molecule has 3 nitrogen and oxygen atoms in total. The van der Waals surface area contributed by atoms with Gasteiger partial charge in [-0.25, -0.2) is 0 Å². The number of nitrogens with zero attached hydrogens (tertiary/aromatic N) is 1. The molecule has 2 heterocycles. The second kappa shape index (κ2) is 5.23. The SMILES string of the molecule is COc1cc(C)c(C2=CC3COCC(C2)N3C)c(C)c1. The normalized spacial score (nSPS) is 26.3. The summed E-state index contributed by atoms with van der Waals surface area (Å²) in [4.78, 5) is 2.45. The van der Waals surface area contributed by atoms with Crippen molar-refractivity contribution in [3.05, 3.63) is 34.9 Å². The molecular weight excluding hydrogens is 250 g/mol. The van der Waals surface area contributed by atoms with Crippen molar-refractivity contribution in [1.29, 1.82) is 0 Å². The van der Waals surface area contributed by atoms with Crippen LogP contribution in [-0.2, 0) is 4.74 Å². The van der Waals surface area contributed by atoms with Crippen molar-refractivity contribution in [3.63, 3.8) is 0 Å². The lowest BCUT2D eigenvalue weighted by atomic mass is 9.86. The summed E-state index contributed by atoms with van der Waals surface area (Å²) in [5, 5.41) is 0. The van der Waals surface area contributed by atoms with E-state index in [1.807, 2.05) is 0 Å². The maximum Gasteiger partial charge on any atom is 0.119 e. The minimum absolute atomic E-state index is 0.415. The Hall–Kier alpha value is -1.32. The summed E-state index contributed by atoms with van der Waals surface area (Å²) in [6, 6.07) is 5.19. The minimum atomic E-state index is 0.415. The van der Waals surface area contributed by atoms with Crippen LogP contribution in [0.25, 0.3) is 5.57 Å². The number of rotatable bonds is 2. The van der Waals surface area contributed by atoms with E-state index in [0.29, 0.717) is 12.1 Å². The van der Waals surface area contributed by atoms with Crippen molar-refractivity contribution in [2.45, 2.75) is 32.4 Å². The number of morpholine rings is 1. The molecule has 1 aromatic rings. The van der Waals surface area contributed by atoms with E-state index >= 15 is 0 Å². The Morgan fingerprint density at radius 2 is 1.90 bits per heavy atom. The first-order chi connectivity index (χ1) is 9.60. The van der Waals surface area contributed by atoms with Gasteiger partial charge in [-0.2, -0.15) is 0 Å². The molecule has 2 aliphatic heterocycles.